The minimum atomic E-state index is -0.0290. The second-order valence-corrected chi connectivity index (χ2v) is 9.03. The Kier molecular flexibility index (Phi) is 7.92. The summed E-state index contributed by atoms with van der Waals surface area (Å²) < 4.78 is 5.36. The van der Waals surface area contributed by atoms with Crippen molar-refractivity contribution in [2.75, 3.05) is 38.0 Å². The predicted octanol–water partition coefficient (Wildman–Crippen LogP) is 3.63. The van der Waals surface area contributed by atoms with Gasteiger partial charge in [-0.3, -0.25) is 14.5 Å². The SMILES string of the molecule is CCc1ccc(-c2noc(CCC(=O)N3CCN(CC(=O)Nc4c(C)cccc4C)CC3)n2)cc1. The van der Waals surface area contributed by atoms with Crippen molar-refractivity contribution in [3.05, 3.63) is 65.0 Å². The van der Waals surface area contributed by atoms with Crippen LogP contribution >= 0.6 is 0 Å². The van der Waals surface area contributed by atoms with E-state index in [1.807, 2.05) is 49.1 Å². The highest BCUT2D eigenvalue weighted by Gasteiger charge is 2.23. The van der Waals surface area contributed by atoms with Gasteiger partial charge >= 0.3 is 0 Å². The summed E-state index contributed by atoms with van der Waals surface area (Å²) in [5.74, 6) is 1.05. The Morgan fingerprint density at radius 1 is 1.00 bits per heavy atom. The molecule has 2 heterocycles. The van der Waals surface area contributed by atoms with Crippen LogP contribution in [0, 0.1) is 13.8 Å². The van der Waals surface area contributed by atoms with Gasteiger partial charge in [-0.25, -0.2) is 0 Å². The highest BCUT2D eigenvalue weighted by atomic mass is 16.5. The molecular formula is C27H33N5O3. The van der Waals surface area contributed by atoms with Gasteiger partial charge in [-0.2, -0.15) is 4.98 Å². The molecule has 8 nitrogen and oxygen atoms in total. The number of rotatable bonds is 8. The zero-order chi connectivity index (χ0) is 24.8. The van der Waals surface area contributed by atoms with Crippen LogP contribution in [-0.4, -0.2) is 64.5 Å². The van der Waals surface area contributed by atoms with Crippen LogP contribution in [0.15, 0.2) is 47.0 Å². The fourth-order valence-corrected chi connectivity index (χ4v) is 4.28. The number of carbonyl (C=O) groups excluding carboxylic acids is 2. The van der Waals surface area contributed by atoms with Crippen LogP contribution in [0.1, 0.15) is 35.9 Å². The topological polar surface area (TPSA) is 91.6 Å². The van der Waals surface area contributed by atoms with Gasteiger partial charge in [0.15, 0.2) is 0 Å². The number of hydrogen-bond acceptors (Lipinski definition) is 6. The molecule has 1 N–H and O–H groups in total. The highest BCUT2D eigenvalue weighted by molar-refractivity contribution is 5.93. The van der Waals surface area contributed by atoms with Crippen molar-refractivity contribution in [2.45, 2.75) is 40.0 Å². The van der Waals surface area contributed by atoms with E-state index >= 15 is 0 Å². The number of aryl methyl sites for hydroxylation is 4. The highest BCUT2D eigenvalue weighted by Crippen LogP contribution is 2.20. The first-order valence-corrected chi connectivity index (χ1v) is 12.2. The van der Waals surface area contributed by atoms with Crippen molar-refractivity contribution < 1.29 is 14.1 Å². The minimum Gasteiger partial charge on any atom is -0.340 e. The first-order chi connectivity index (χ1) is 16.9. The van der Waals surface area contributed by atoms with Crippen molar-refractivity contribution in [1.29, 1.82) is 0 Å². The number of hydrogen-bond donors (Lipinski definition) is 1. The van der Waals surface area contributed by atoms with Crippen molar-refractivity contribution in [2.24, 2.45) is 0 Å². The van der Waals surface area contributed by atoms with Gasteiger partial charge in [0.2, 0.25) is 23.5 Å². The Morgan fingerprint density at radius 3 is 2.34 bits per heavy atom. The number of benzene rings is 2. The quantitative estimate of drug-likeness (QED) is 0.535. The molecule has 2 amide bonds. The first kappa shape index (κ1) is 24.6. The summed E-state index contributed by atoms with van der Waals surface area (Å²) in [6.45, 7) is 8.97. The summed E-state index contributed by atoms with van der Waals surface area (Å²) in [6, 6.07) is 14.1. The number of amides is 2. The van der Waals surface area contributed by atoms with Crippen LogP contribution in [0.5, 0.6) is 0 Å². The second-order valence-electron chi connectivity index (χ2n) is 9.03. The molecule has 0 atom stereocenters. The van der Waals surface area contributed by atoms with Crippen LogP contribution in [0.25, 0.3) is 11.4 Å². The Hall–Kier alpha value is -3.52. The van der Waals surface area contributed by atoms with Crippen molar-refractivity contribution in [3.63, 3.8) is 0 Å². The summed E-state index contributed by atoms with van der Waals surface area (Å²) in [7, 11) is 0. The smallest absolute Gasteiger partial charge is 0.238 e. The van der Waals surface area contributed by atoms with Gasteiger partial charge in [0, 0.05) is 50.3 Å². The molecule has 0 unspecified atom stereocenters. The predicted molar refractivity (Wildman–Crippen MR) is 135 cm³/mol. The molecule has 1 aliphatic heterocycles. The van der Waals surface area contributed by atoms with Gasteiger partial charge in [-0.05, 0) is 37.0 Å². The van der Waals surface area contributed by atoms with Crippen LogP contribution < -0.4 is 5.32 Å². The lowest BCUT2D eigenvalue weighted by Gasteiger charge is -2.34. The minimum absolute atomic E-state index is 0.0290. The fraction of sp³-hybridized carbons (Fsp3) is 0.407. The Labute approximate surface area is 206 Å². The molecule has 4 rings (SSSR count). The van der Waals surface area contributed by atoms with Crippen molar-refractivity contribution >= 4 is 17.5 Å². The number of nitrogens with one attached hydrogen (secondary N) is 1. The average Bonchev–Trinajstić information content (AvgIpc) is 3.34. The van der Waals surface area contributed by atoms with Gasteiger partial charge < -0.3 is 14.7 Å². The molecule has 1 fully saturated rings. The van der Waals surface area contributed by atoms with Crippen molar-refractivity contribution in [3.8, 4) is 11.4 Å². The van der Waals surface area contributed by atoms with Crippen LogP contribution in [0.3, 0.4) is 0 Å². The van der Waals surface area contributed by atoms with Crippen LogP contribution in [-0.2, 0) is 22.4 Å². The summed E-state index contributed by atoms with van der Waals surface area (Å²) in [5.41, 5.74) is 5.15. The standard InChI is InChI=1S/C27H33N5O3/c1-4-21-8-10-22(11-9-21)27-29-24(35-30-27)12-13-25(34)32-16-14-31(15-17-32)18-23(33)28-26-19(2)6-5-7-20(26)3/h5-11H,4,12-18H2,1-3H3,(H,28,33). The van der Waals surface area contributed by atoms with E-state index in [1.54, 1.807) is 0 Å². The van der Waals surface area contributed by atoms with Crippen LogP contribution in [0.2, 0.25) is 0 Å². The molecule has 8 heteroatoms. The number of para-hydroxylation sites is 1. The van der Waals surface area contributed by atoms with E-state index in [-0.39, 0.29) is 11.8 Å². The molecule has 35 heavy (non-hydrogen) atoms. The van der Waals surface area contributed by atoms with E-state index in [4.69, 9.17) is 4.52 Å². The fourth-order valence-electron chi connectivity index (χ4n) is 4.28. The molecule has 0 saturated carbocycles. The molecule has 0 radical (unpaired) electrons. The molecule has 1 aliphatic rings. The zero-order valence-electron chi connectivity index (χ0n) is 20.7. The first-order valence-electron chi connectivity index (χ1n) is 12.2. The van der Waals surface area contributed by atoms with Crippen molar-refractivity contribution in [1.82, 2.24) is 19.9 Å². The second kappa shape index (κ2) is 11.3. The van der Waals surface area contributed by atoms with Gasteiger partial charge in [0.25, 0.3) is 0 Å². The van der Waals surface area contributed by atoms with E-state index < -0.39 is 0 Å². The van der Waals surface area contributed by atoms with E-state index in [2.05, 4.69) is 39.4 Å². The van der Waals surface area contributed by atoms with E-state index in [1.165, 1.54) is 5.56 Å². The van der Waals surface area contributed by atoms with E-state index in [9.17, 15) is 9.59 Å². The van der Waals surface area contributed by atoms with Gasteiger partial charge in [0.05, 0.1) is 6.54 Å². The summed E-state index contributed by atoms with van der Waals surface area (Å²) in [4.78, 5) is 33.6. The van der Waals surface area contributed by atoms with E-state index in [0.717, 1.165) is 28.8 Å². The third-order valence-corrected chi connectivity index (χ3v) is 6.48. The third kappa shape index (κ3) is 6.33. The average molecular weight is 476 g/mol. The molecule has 0 aliphatic carbocycles. The zero-order valence-corrected chi connectivity index (χ0v) is 20.7. The lowest BCUT2D eigenvalue weighted by atomic mass is 10.1. The third-order valence-electron chi connectivity index (χ3n) is 6.48. The number of piperazine rings is 1. The molecule has 1 aromatic heterocycles. The Bertz CT molecular complexity index is 1140. The maximum atomic E-state index is 12.7. The summed E-state index contributed by atoms with van der Waals surface area (Å²) >= 11 is 0. The number of anilines is 1. The Morgan fingerprint density at radius 2 is 1.69 bits per heavy atom. The molecule has 0 bridgehead atoms. The lowest BCUT2D eigenvalue weighted by Crippen LogP contribution is -2.50. The van der Waals surface area contributed by atoms with Gasteiger partial charge in [-0.15, -0.1) is 0 Å². The molecule has 0 spiro atoms. The summed E-state index contributed by atoms with van der Waals surface area (Å²) in [6.07, 6.45) is 1.72. The van der Waals surface area contributed by atoms with Gasteiger partial charge in [-0.1, -0.05) is 54.5 Å². The Balaban J connectivity index is 1.21. The largest absolute Gasteiger partial charge is 0.340 e. The number of carbonyl (C=O) groups is 2. The molecule has 2 aromatic carbocycles. The summed E-state index contributed by atoms with van der Waals surface area (Å²) in [5, 5.41) is 7.09. The molecular weight excluding hydrogens is 442 g/mol. The van der Waals surface area contributed by atoms with Crippen LogP contribution in [0.4, 0.5) is 5.69 Å². The number of aromatic nitrogens is 2. The van der Waals surface area contributed by atoms with E-state index in [0.29, 0.717) is 57.3 Å². The molecule has 1 saturated heterocycles. The monoisotopic (exact) mass is 475 g/mol. The normalized spacial score (nSPS) is 14.2. The maximum absolute atomic E-state index is 12.7. The molecule has 184 valence electrons. The molecule has 3 aromatic rings. The maximum Gasteiger partial charge on any atom is 0.238 e. The number of nitrogens with zero attached hydrogens (tertiary/aromatic N) is 4. The van der Waals surface area contributed by atoms with Gasteiger partial charge in [0.1, 0.15) is 0 Å². The lowest BCUT2D eigenvalue weighted by molar-refractivity contribution is -0.133.